The molecule has 0 spiro atoms. The molecule has 0 aromatic heterocycles. The average Bonchev–Trinajstić information content (AvgIpc) is 2.79. The van der Waals surface area contributed by atoms with Crippen LogP contribution in [0.4, 0.5) is 4.79 Å². The first-order chi connectivity index (χ1) is 14.6. The van der Waals surface area contributed by atoms with E-state index in [4.69, 9.17) is 4.74 Å². The third-order valence-electron chi connectivity index (χ3n) is 5.98. The Morgan fingerprint density at radius 2 is 1.70 bits per heavy atom. The Kier molecular flexibility index (Phi) is 7.50. The summed E-state index contributed by atoms with van der Waals surface area (Å²) in [6, 6.07) is 19.4. The smallest absolute Gasteiger partial charge is 0.411 e. The SMILES string of the molecule is CCC[C@@H]1[C@@H](CC)C(=O)N([C@@H](C)c2ccccc2)CN1C(=O)OCc1ccccc1. The molecule has 0 unspecified atom stereocenters. The van der Waals surface area contributed by atoms with Crippen molar-refractivity contribution in [1.82, 2.24) is 9.80 Å². The second-order valence-corrected chi connectivity index (χ2v) is 7.92. The van der Waals surface area contributed by atoms with E-state index in [0.717, 1.165) is 24.0 Å². The molecule has 160 valence electrons. The fourth-order valence-electron chi connectivity index (χ4n) is 4.25. The van der Waals surface area contributed by atoms with Gasteiger partial charge in [-0.3, -0.25) is 9.69 Å². The van der Waals surface area contributed by atoms with Gasteiger partial charge in [0, 0.05) is 6.04 Å². The highest BCUT2D eigenvalue weighted by Gasteiger charge is 2.44. The Morgan fingerprint density at radius 1 is 1.07 bits per heavy atom. The molecule has 3 rings (SSSR count). The van der Waals surface area contributed by atoms with Crippen molar-refractivity contribution in [1.29, 1.82) is 0 Å². The maximum Gasteiger partial charge on any atom is 0.411 e. The third kappa shape index (κ3) is 4.84. The molecule has 2 aromatic rings. The summed E-state index contributed by atoms with van der Waals surface area (Å²) in [5.74, 6) is -0.0893. The van der Waals surface area contributed by atoms with Gasteiger partial charge >= 0.3 is 6.09 Å². The van der Waals surface area contributed by atoms with Gasteiger partial charge in [-0.05, 0) is 30.9 Å². The minimum atomic E-state index is -0.353. The quantitative estimate of drug-likeness (QED) is 0.618. The number of benzene rings is 2. The molecule has 1 heterocycles. The summed E-state index contributed by atoms with van der Waals surface area (Å²) in [5, 5.41) is 0. The second kappa shape index (κ2) is 10.3. The molecule has 0 bridgehead atoms. The van der Waals surface area contributed by atoms with Crippen LogP contribution in [0.15, 0.2) is 60.7 Å². The Labute approximate surface area is 179 Å². The number of carbonyl (C=O) groups excluding carboxylic acids is 2. The Balaban J connectivity index is 1.82. The van der Waals surface area contributed by atoms with Gasteiger partial charge in [0.2, 0.25) is 5.91 Å². The first-order valence-corrected chi connectivity index (χ1v) is 10.9. The van der Waals surface area contributed by atoms with Crippen LogP contribution in [0.25, 0.3) is 0 Å². The molecule has 2 aromatic carbocycles. The normalized spacial score (nSPS) is 20.2. The maximum atomic E-state index is 13.4. The third-order valence-corrected chi connectivity index (χ3v) is 5.98. The Hall–Kier alpha value is -2.82. The van der Waals surface area contributed by atoms with E-state index in [1.54, 1.807) is 4.90 Å². The van der Waals surface area contributed by atoms with Crippen LogP contribution in [0.5, 0.6) is 0 Å². The van der Waals surface area contributed by atoms with Crippen LogP contribution in [0.1, 0.15) is 57.2 Å². The van der Waals surface area contributed by atoms with Crippen molar-refractivity contribution in [2.75, 3.05) is 6.67 Å². The van der Waals surface area contributed by atoms with Crippen molar-refractivity contribution in [2.45, 2.75) is 58.7 Å². The van der Waals surface area contributed by atoms with Gasteiger partial charge in [0.05, 0.1) is 18.6 Å². The molecular weight excluding hydrogens is 376 g/mol. The molecule has 1 saturated heterocycles. The van der Waals surface area contributed by atoms with Crippen LogP contribution < -0.4 is 0 Å². The lowest BCUT2D eigenvalue weighted by atomic mass is 9.88. The van der Waals surface area contributed by atoms with E-state index in [9.17, 15) is 9.59 Å². The van der Waals surface area contributed by atoms with E-state index < -0.39 is 0 Å². The van der Waals surface area contributed by atoms with E-state index in [1.165, 1.54) is 0 Å². The highest BCUT2D eigenvalue weighted by molar-refractivity contribution is 5.83. The van der Waals surface area contributed by atoms with Crippen molar-refractivity contribution >= 4 is 12.0 Å². The van der Waals surface area contributed by atoms with Gasteiger partial charge in [-0.1, -0.05) is 80.9 Å². The molecule has 0 radical (unpaired) electrons. The summed E-state index contributed by atoms with van der Waals surface area (Å²) in [7, 11) is 0. The van der Waals surface area contributed by atoms with Crippen molar-refractivity contribution in [3.63, 3.8) is 0 Å². The number of carbonyl (C=O) groups is 2. The number of hydrogen-bond donors (Lipinski definition) is 0. The fourth-order valence-corrected chi connectivity index (χ4v) is 4.25. The number of ether oxygens (including phenoxy) is 1. The molecule has 5 nitrogen and oxygen atoms in total. The minimum absolute atomic E-state index is 0.111. The monoisotopic (exact) mass is 408 g/mol. The maximum absolute atomic E-state index is 13.4. The van der Waals surface area contributed by atoms with E-state index >= 15 is 0 Å². The van der Waals surface area contributed by atoms with Crippen molar-refractivity contribution in [3.05, 3.63) is 71.8 Å². The molecule has 1 aliphatic rings. The lowest BCUT2D eigenvalue weighted by Crippen LogP contribution is -2.60. The molecule has 3 atom stereocenters. The van der Waals surface area contributed by atoms with Crippen molar-refractivity contribution < 1.29 is 14.3 Å². The van der Waals surface area contributed by atoms with Crippen LogP contribution >= 0.6 is 0 Å². The van der Waals surface area contributed by atoms with E-state index in [-0.39, 0.29) is 43.3 Å². The first kappa shape index (κ1) is 21.9. The summed E-state index contributed by atoms with van der Waals surface area (Å²) >= 11 is 0. The largest absolute Gasteiger partial charge is 0.444 e. The first-order valence-electron chi connectivity index (χ1n) is 10.9. The van der Waals surface area contributed by atoms with Gasteiger partial charge in [-0.15, -0.1) is 0 Å². The number of amides is 2. The molecule has 0 aliphatic carbocycles. The van der Waals surface area contributed by atoms with Crippen LogP contribution in [0.2, 0.25) is 0 Å². The van der Waals surface area contributed by atoms with Gasteiger partial charge in [-0.25, -0.2) is 4.79 Å². The molecular formula is C25H32N2O3. The van der Waals surface area contributed by atoms with Crippen LogP contribution in [-0.4, -0.2) is 34.5 Å². The fraction of sp³-hybridized carbons (Fsp3) is 0.440. The second-order valence-electron chi connectivity index (χ2n) is 7.92. The van der Waals surface area contributed by atoms with Crippen LogP contribution in [-0.2, 0) is 16.1 Å². The Bertz CT molecular complexity index is 825. The predicted octanol–water partition coefficient (Wildman–Crippen LogP) is 5.38. The molecule has 5 heteroatoms. The van der Waals surface area contributed by atoms with Crippen LogP contribution in [0, 0.1) is 5.92 Å². The highest BCUT2D eigenvalue weighted by Crippen LogP contribution is 2.33. The summed E-state index contributed by atoms with van der Waals surface area (Å²) in [5.41, 5.74) is 2.01. The highest BCUT2D eigenvalue weighted by atomic mass is 16.6. The number of rotatable bonds is 7. The summed E-state index contributed by atoms with van der Waals surface area (Å²) in [6.07, 6.45) is 2.04. The summed E-state index contributed by atoms with van der Waals surface area (Å²) < 4.78 is 5.66. The van der Waals surface area contributed by atoms with Gasteiger partial charge in [0.15, 0.2) is 0 Å². The lowest BCUT2D eigenvalue weighted by molar-refractivity contribution is -0.150. The molecule has 1 fully saturated rings. The molecule has 1 aliphatic heterocycles. The summed E-state index contributed by atoms with van der Waals surface area (Å²) in [4.78, 5) is 30.0. The van der Waals surface area contributed by atoms with Gasteiger partial charge in [-0.2, -0.15) is 0 Å². The molecule has 2 amide bonds. The predicted molar refractivity (Wildman–Crippen MR) is 118 cm³/mol. The number of hydrogen-bond acceptors (Lipinski definition) is 3. The van der Waals surface area contributed by atoms with Gasteiger partial charge in [0.1, 0.15) is 6.61 Å². The van der Waals surface area contributed by atoms with Crippen molar-refractivity contribution in [3.8, 4) is 0 Å². The topological polar surface area (TPSA) is 49.9 Å². The van der Waals surface area contributed by atoms with Gasteiger partial charge < -0.3 is 9.64 Å². The zero-order chi connectivity index (χ0) is 21.5. The lowest BCUT2D eigenvalue weighted by Gasteiger charge is -2.47. The minimum Gasteiger partial charge on any atom is -0.444 e. The summed E-state index contributed by atoms with van der Waals surface area (Å²) in [6.45, 7) is 6.62. The van der Waals surface area contributed by atoms with Crippen LogP contribution in [0.3, 0.4) is 0 Å². The van der Waals surface area contributed by atoms with Gasteiger partial charge in [0.25, 0.3) is 0 Å². The standard InChI is InChI=1S/C25H32N2O3/c1-4-12-23-22(5-2)24(28)26(19(3)21-15-10-7-11-16-21)18-27(23)25(29)30-17-20-13-8-6-9-14-20/h6-11,13-16,19,22-23H,4-5,12,17-18H2,1-3H3/t19-,22+,23+/m0/s1. The van der Waals surface area contributed by atoms with E-state index in [1.807, 2.05) is 79.4 Å². The molecule has 0 N–H and O–H groups in total. The zero-order valence-corrected chi connectivity index (χ0v) is 18.2. The van der Waals surface area contributed by atoms with Crippen molar-refractivity contribution in [2.24, 2.45) is 5.92 Å². The Morgan fingerprint density at radius 3 is 2.30 bits per heavy atom. The van der Waals surface area contributed by atoms with E-state index in [2.05, 4.69) is 6.92 Å². The van der Waals surface area contributed by atoms with E-state index in [0.29, 0.717) is 6.42 Å². The molecule has 0 saturated carbocycles. The average molecular weight is 409 g/mol. The number of nitrogens with zero attached hydrogens (tertiary/aromatic N) is 2. The molecule has 30 heavy (non-hydrogen) atoms. The zero-order valence-electron chi connectivity index (χ0n) is 18.2.